The lowest BCUT2D eigenvalue weighted by Crippen LogP contribution is -2.28. The van der Waals surface area contributed by atoms with Gasteiger partial charge in [0.2, 0.25) is 0 Å². The quantitative estimate of drug-likeness (QED) is 0.769. The fourth-order valence-electron chi connectivity index (χ4n) is 1.63. The molecule has 3 heterocycles. The number of nitrogens with zero attached hydrogens (tertiary/aromatic N) is 2. The molecule has 20 heavy (non-hydrogen) atoms. The van der Waals surface area contributed by atoms with Crippen molar-refractivity contribution in [2.24, 2.45) is 0 Å². The molecule has 104 valence electrons. The molecule has 2 N–H and O–H groups in total. The van der Waals surface area contributed by atoms with Crippen molar-refractivity contribution in [3.8, 4) is 0 Å². The van der Waals surface area contributed by atoms with Crippen LogP contribution in [-0.2, 0) is 13.0 Å². The molecule has 0 aliphatic carbocycles. The number of rotatable bonds is 4. The van der Waals surface area contributed by atoms with E-state index in [-0.39, 0.29) is 6.03 Å². The molecule has 0 fully saturated rings. The molecule has 0 radical (unpaired) electrons. The third-order valence-electron chi connectivity index (χ3n) is 2.57. The standard InChI is InChI=1S/C12H12N4OS3/c1-2-9-14-7(6-19-9)5-13-11(17)16-12-15-8-3-4-18-10(8)20-12/h3-4,6H,2,5H2,1H3,(H2,13,15,16,17). The summed E-state index contributed by atoms with van der Waals surface area (Å²) in [6.07, 6.45) is 0.923. The molecule has 0 aromatic carbocycles. The summed E-state index contributed by atoms with van der Waals surface area (Å²) in [6, 6.07) is 1.69. The highest BCUT2D eigenvalue weighted by Gasteiger charge is 2.08. The smallest absolute Gasteiger partial charge is 0.321 e. The average molecular weight is 324 g/mol. The zero-order valence-electron chi connectivity index (χ0n) is 10.7. The van der Waals surface area contributed by atoms with Crippen LogP contribution >= 0.6 is 34.0 Å². The number of aryl methyl sites for hydroxylation is 1. The predicted molar refractivity (Wildman–Crippen MR) is 84.8 cm³/mol. The number of thiophene rings is 1. The van der Waals surface area contributed by atoms with E-state index in [1.54, 1.807) is 22.7 Å². The van der Waals surface area contributed by atoms with E-state index in [2.05, 4.69) is 27.5 Å². The van der Waals surface area contributed by atoms with Crippen molar-refractivity contribution >= 4 is 54.7 Å². The molecule has 2 amide bonds. The van der Waals surface area contributed by atoms with Gasteiger partial charge in [0.1, 0.15) is 4.01 Å². The van der Waals surface area contributed by atoms with Crippen LogP contribution in [0.1, 0.15) is 17.6 Å². The summed E-state index contributed by atoms with van der Waals surface area (Å²) < 4.78 is 1.12. The molecule has 3 rings (SSSR count). The van der Waals surface area contributed by atoms with Gasteiger partial charge in [-0.2, -0.15) is 0 Å². The topological polar surface area (TPSA) is 66.9 Å². The molecule has 0 bridgehead atoms. The third-order valence-corrected chi connectivity index (χ3v) is 5.63. The lowest BCUT2D eigenvalue weighted by Gasteiger charge is -2.02. The number of nitrogens with one attached hydrogen (secondary N) is 2. The van der Waals surface area contributed by atoms with E-state index in [1.807, 2.05) is 16.8 Å². The van der Waals surface area contributed by atoms with Crippen molar-refractivity contribution in [1.29, 1.82) is 0 Å². The first kappa shape index (κ1) is 13.5. The highest BCUT2D eigenvalue weighted by molar-refractivity contribution is 7.39. The minimum atomic E-state index is -0.252. The second-order valence-electron chi connectivity index (χ2n) is 4.01. The Balaban J connectivity index is 1.55. The Kier molecular flexibility index (Phi) is 3.95. The second-order valence-corrected chi connectivity index (χ2v) is 7.12. The summed E-state index contributed by atoms with van der Waals surface area (Å²) >= 11 is 4.73. The van der Waals surface area contributed by atoms with Gasteiger partial charge in [-0.25, -0.2) is 14.8 Å². The average Bonchev–Trinajstić information content (AvgIpc) is 3.11. The Bertz CT molecular complexity index is 701. The Labute approximate surface area is 127 Å². The molecule has 0 aliphatic heterocycles. The molecule has 0 spiro atoms. The number of amides is 2. The van der Waals surface area contributed by atoms with E-state index in [9.17, 15) is 4.79 Å². The predicted octanol–water partition coefficient (Wildman–Crippen LogP) is 3.70. The van der Waals surface area contributed by atoms with Gasteiger partial charge in [-0.1, -0.05) is 18.3 Å². The van der Waals surface area contributed by atoms with Gasteiger partial charge in [0.15, 0.2) is 5.13 Å². The van der Waals surface area contributed by atoms with Gasteiger partial charge in [-0.05, 0) is 17.9 Å². The van der Waals surface area contributed by atoms with Crippen LogP contribution in [0.3, 0.4) is 0 Å². The summed E-state index contributed by atoms with van der Waals surface area (Å²) in [7, 11) is 0. The number of carbonyl (C=O) groups excluding carboxylic acids is 1. The van der Waals surface area contributed by atoms with Crippen molar-refractivity contribution in [2.45, 2.75) is 19.9 Å². The van der Waals surface area contributed by atoms with Crippen LogP contribution in [0.2, 0.25) is 0 Å². The molecule has 0 aliphatic rings. The maximum atomic E-state index is 11.8. The van der Waals surface area contributed by atoms with Gasteiger partial charge < -0.3 is 5.32 Å². The molecule has 0 saturated heterocycles. The van der Waals surface area contributed by atoms with Gasteiger partial charge in [0, 0.05) is 5.38 Å². The van der Waals surface area contributed by atoms with Crippen LogP contribution in [0.25, 0.3) is 9.53 Å². The highest BCUT2D eigenvalue weighted by atomic mass is 32.2. The Morgan fingerprint density at radius 3 is 3.00 bits per heavy atom. The summed E-state index contributed by atoms with van der Waals surface area (Å²) in [4.78, 5) is 20.5. The largest absolute Gasteiger partial charge is 0.332 e. The number of hydrogen-bond acceptors (Lipinski definition) is 6. The first-order chi connectivity index (χ1) is 9.74. The lowest BCUT2D eigenvalue weighted by molar-refractivity contribution is 0.251. The molecule has 3 aromatic rings. The molecule has 3 aromatic heterocycles. The van der Waals surface area contributed by atoms with E-state index in [1.165, 1.54) is 11.3 Å². The zero-order chi connectivity index (χ0) is 13.9. The number of urea groups is 1. The number of anilines is 1. The molecule has 0 atom stereocenters. The fourth-order valence-corrected chi connectivity index (χ4v) is 4.20. The van der Waals surface area contributed by atoms with Crippen molar-refractivity contribution in [3.05, 3.63) is 27.5 Å². The van der Waals surface area contributed by atoms with Gasteiger partial charge in [-0.15, -0.1) is 22.7 Å². The number of fused-ring (bicyclic) bond motifs is 1. The highest BCUT2D eigenvalue weighted by Crippen LogP contribution is 2.30. The molecule has 0 unspecified atom stereocenters. The first-order valence-electron chi connectivity index (χ1n) is 6.06. The Morgan fingerprint density at radius 2 is 2.25 bits per heavy atom. The monoisotopic (exact) mass is 324 g/mol. The molecule has 5 nitrogen and oxygen atoms in total. The number of hydrogen-bond donors (Lipinski definition) is 2. The number of thiazole rings is 2. The van der Waals surface area contributed by atoms with E-state index in [4.69, 9.17) is 0 Å². The first-order valence-corrected chi connectivity index (χ1v) is 8.64. The second kappa shape index (κ2) is 5.86. The zero-order valence-corrected chi connectivity index (χ0v) is 13.1. The van der Waals surface area contributed by atoms with Crippen molar-refractivity contribution in [1.82, 2.24) is 15.3 Å². The molecular formula is C12H12N4OS3. The summed E-state index contributed by atoms with van der Waals surface area (Å²) in [5.74, 6) is 0. The van der Waals surface area contributed by atoms with E-state index >= 15 is 0 Å². The minimum Gasteiger partial charge on any atom is -0.332 e. The van der Waals surface area contributed by atoms with Crippen molar-refractivity contribution < 1.29 is 4.79 Å². The van der Waals surface area contributed by atoms with Crippen LogP contribution < -0.4 is 10.6 Å². The van der Waals surface area contributed by atoms with Gasteiger partial charge in [0.05, 0.1) is 22.8 Å². The van der Waals surface area contributed by atoms with Gasteiger partial charge in [-0.3, -0.25) is 5.32 Å². The molecule has 8 heteroatoms. The summed E-state index contributed by atoms with van der Waals surface area (Å²) in [5, 5.41) is 11.2. The van der Waals surface area contributed by atoms with Crippen molar-refractivity contribution in [3.63, 3.8) is 0 Å². The van der Waals surface area contributed by atoms with Crippen LogP contribution in [0, 0.1) is 0 Å². The summed E-state index contributed by atoms with van der Waals surface area (Å²) in [6.45, 7) is 2.50. The minimum absolute atomic E-state index is 0.252. The molecular weight excluding hydrogens is 312 g/mol. The summed E-state index contributed by atoms with van der Waals surface area (Å²) in [5.41, 5.74) is 1.82. The van der Waals surface area contributed by atoms with Crippen LogP contribution in [-0.4, -0.2) is 16.0 Å². The van der Waals surface area contributed by atoms with Crippen molar-refractivity contribution in [2.75, 3.05) is 5.32 Å². The van der Waals surface area contributed by atoms with Crippen LogP contribution in [0.5, 0.6) is 0 Å². The van der Waals surface area contributed by atoms with Crippen LogP contribution in [0.4, 0.5) is 9.93 Å². The van der Waals surface area contributed by atoms with Gasteiger partial charge in [0.25, 0.3) is 0 Å². The SMILES string of the molecule is CCc1nc(CNC(=O)Nc2nc3ccsc3s2)cs1. The third kappa shape index (κ3) is 2.97. The maximum absolute atomic E-state index is 11.8. The van der Waals surface area contributed by atoms with E-state index < -0.39 is 0 Å². The van der Waals surface area contributed by atoms with Crippen LogP contribution in [0.15, 0.2) is 16.8 Å². The van der Waals surface area contributed by atoms with E-state index in [0.717, 1.165) is 26.7 Å². The fraction of sp³-hybridized carbons (Fsp3) is 0.250. The Hall–Kier alpha value is -1.51. The van der Waals surface area contributed by atoms with Gasteiger partial charge >= 0.3 is 6.03 Å². The number of carbonyl (C=O) groups is 1. The maximum Gasteiger partial charge on any atom is 0.321 e. The Morgan fingerprint density at radius 1 is 1.35 bits per heavy atom. The number of aromatic nitrogens is 2. The van der Waals surface area contributed by atoms with E-state index in [0.29, 0.717) is 11.7 Å². The lowest BCUT2D eigenvalue weighted by atomic mass is 10.4. The molecule has 0 saturated carbocycles. The normalized spacial score (nSPS) is 10.8.